The van der Waals surface area contributed by atoms with E-state index in [1.807, 2.05) is 13.8 Å². The maximum absolute atomic E-state index is 13.5. The minimum absolute atomic E-state index is 0.0135. The van der Waals surface area contributed by atoms with Gasteiger partial charge in [-0.15, -0.1) is 0 Å². The molecular weight excluding hydrogens is 583 g/mol. The molecule has 1 aliphatic heterocycles. The first-order valence-corrected chi connectivity index (χ1v) is 12.8. The second kappa shape index (κ2) is 10.7. The molecule has 5 nitrogen and oxygen atoms in total. The number of carbonyl (C=O) groups is 1. The molecule has 42 heavy (non-hydrogen) atoms. The average Bonchev–Trinajstić information content (AvgIpc) is 3.14. The number of rotatable bonds is 5. The third-order valence-corrected chi connectivity index (χ3v) is 7.56. The minimum atomic E-state index is -5.09. The smallest absolute Gasteiger partial charge is 0.417 e. The number of alkyl halides is 9. The van der Waals surface area contributed by atoms with Gasteiger partial charge in [0.2, 0.25) is 5.88 Å². The standard InChI is InChI=1S/C28H27F9N2O3/c1-14-22(15-7-17(26(29,30)31)9-18(8-15)27(32,33)34)42-24(40)39(14)13-16-11-25(2,3)6-5-20(16)21-10-19(28(35,36)37)12-38-23(21)41-4/h7-10,12,14,22H,5-6,11,13H2,1-4H3/t14-,22-/m0/s1. The Bertz CT molecular complexity index is 1360. The Morgan fingerprint density at radius 3 is 2.05 bits per heavy atom. The fraction of sp³-hybridized carbons (Fsp3) is 0.500. The topological polar surface area (TPSA) is 51.7 Å². The van der Waals surface area contributed by atoms with Crippen molar-refractivity contribution in [3.63, 3.8) is 0 Å². The van der Waals surface area contributed by atoms with Crippen LogP contribution in [0.3, 0.4) is 0 Å². The first-order valence-electron chi connectivity index (χ1n) is 12.8. The van der Waals surface area contributed by atoms with Gasteiger partial charge < -0.3 is 9.47 Å². The summed E-state index contributed by atoms with van der Waals surface area (Å²) in [6.07, 6.45) is -15.4. The van der Waals surface area contributed by atoms with Crippen LogP contribution in [0, 0.1) is 5.41 Å². The van der Waals surface area contributed by atoms with Crippen molar-refractivity contribution < 1.29 is 53.8 Å². The Balaban J connectivity index is 1.76. The maximum Gasteiger partial charge on any atom is 0.417 e. The molecule has 4 rings (SSSR count). The molecule has 2 aromatic rings. The van der Waals surface area contributed by atoms with E-state index >= 15 is 0 Å². The van der Waals surface area contributed by atoms with E-state index in [0.29, 0.717) is 48.7 Å². The van der Waals surface area contributed by atoms with Gasteiger partial charge >= 0.3 is 24.6 Å². The molecule has 1 amide bonds. The van der Waals surface area contributed by atoms with E-state index in [1.54, 1.807) is 0 Å². The molecule has 230 valence electrons. The molecule has 0 spiro atoms. The van der Waals surface area contributed by atoms with Gasteiger partial charge in [-0.1, -0.05) is 13.8 Å². The molecule has 2 heterocycles. The molecule has 1 saturated heterocycles. The molecule has 14 heteroatoms. The number of carbonyl (C=O) groups excluding carboxylic acids is 1. The van der Waals surface area contributed by atoms with E-state index in [2.05, 4.69) is 4.98 Å². The van der Waals surface area contributed by atoms with Crippen molar-refractivity contribution in [2.75, 3.05) is 13.7 Å². The van der Waals surface area contributed by atoms with E-state index in [-0.39, 0.29) is 29.5 Å². The molecule has 0 unspecified atom stereocenters. The normalized spacial score (nSPS) is 21.5. The number of nitrogens with zero attached hydrogens (tertiary/aromatic N) is 2. The largest absolute Gasteiger partial charge is 0.481 e. The molecule has 1 aromatic carbocycles. The van der Waals surface area contributed by atoms with Gasteiger partial charge in [0, 0.05) is 18.3 Å². The summed E-state index contributed by atoms with van der Waals surface area (Å²) in [5, 5.41) is 0. The van der Waals surface area contributed by atoms with E-state index in [0.717, 1.165) is 11.0 Å². The van der Waals surface area contributed by atoms with Gasteiger partial charge in [0.1, 0.15) is 6.10 Å². The lowest BCUT2D eigenvalue weighted by Crippen LogP contribution is -2.35. The third-order valence-electron chi connectivity index (χ3n) is 7.56. The zero-order valence-electron chi connectivity index (χ0n) is 22.9. The lowest BCUT2D eigenvalue weighted by Gasteiger charge is -2.35. The highest BCUT2D eigenvalue weighted by Gasteiger charge is 2.44. The number of halogens is 9. The van der Waals surface area contributed by atoms with Gasteiger partial charge in [0.15, 0.2) is 0 Å². The van der Waals surface area contributed by atoms with Crippen molar-refractivity contribution >= 4 is 11.7 Å². The summed E-state index contributed by atoms with van der Waals surface area (Å²) < 4.78 is 132. The maximum atomic E-state index is 13.5. The Morgan fingerprint density at radius 1 is 0.952 bits per heavy atom. The van der Waals surface area contributed by atoms with Crippen LogP contribution in [0.1, 0.15) is 74.0 Å². The van der Waals surface area contributed by atoms with Gasteiger partial charge in [-0.05, 0) is 72.6 Å². The summed E-state index contributed by atoms with van der Waals surface area (Å²) in [4.78, 5) is 17.9. The van der Waals surface area contributed by atoms with Crippen LogP contribution >= 0.6 is 0 Å². The average molecular weight is 611 g/mol. The Kier molecular flexibility index (Phi) is 8.00. The lowest BCUT2D eigenvalue weighted by molar-refractivity contribution is -0.143. The Hall–Kier alpha value is -3.45. The number of benzene rings is 1. The van der Waals surface area contributed by atoms with Crippen LogP contribution in [-0.2, 0) is 23.3 Å². The van der Waals surface area contributed by atoms with Gasteiger partial charge in [0.05, 0.1) is 29.8 Å². The SMILES string of the molecule is COc1ncc(C(F)(F)F)cc1C1=C(CN2C(=O)O[C@H](c3cc(C(F)(F)F)cc(C(F)(F)F)c3)[C@@H]2C)CC(C)(C)CC1. The molecular formula is C28H27F9N2O3. The van der Waals surface area contributed by atoms with Crippen molar-refractivity contribution in [1.29, 1.82) is 0 Å². The molecule has 0 N–H and O–H groups in total. The highest BCUT2D eigenvalue weighted by atomic mass is 19.4. The van der Waals surface area contributed by atoms with Gasteiger partial charge in [-0.3, -0.25) is 4.90 Å². The summed E-state index contributed by atoms with van der Waals surface area (Å²) in [6.45, 7) is 5.10. The first-order chi connectivity index (χ1) is 19.2. The fourth-order valence-corrected chi connectivity index (χ4v) is 5.38. The third kappa shape index (κ3) is 6.46. The van der Waals surface area contributed by atoms with E-state index < -0.39 is 59.0 Å². The summed E-state index contributed by atoms with van der Waals surface area (Å²) >= 11 is 0. The zero-order chi connectivity index (χ0) is 31.4. The number of hydrogen-bond acceptors (Lipinski definition) is 4. The van der Waals surface area contributed by atoms with Gasteiger partial charge in [-0.25, -0.2) is 9.78 Å². The van der Waals surface area contributed by atoms with Gasteiger partial charge in [-0.2, -0.15) is 39.5 Å². The van der Waals surface area contributed by atoms with E-state index in [1.165, 1.54) is 14.0 Å². The lowest BCUT2D eigenvalue weighted by atomic mass is 9.72. The molecule has 1 aliphatic carbocycles. The van der Waals surface area contributed by atoms with Crippen LogP contribution in [0.2, 0.25) is 0 Å². The molecule has 0 radical (unpaired) electrons. The molecule has 1 aromatic heterocycles. The highest BCUT2D eigenvalue weighted by Crippen LogP contribution is 2.47. The number of ether oxygens (including phenoxy) is 2. The highest BCUT2D eigenvalue weighted by molar-refractivity contribution is 5.76. The van der Waals surface area contributed by atoms with Crippen LogP contribution in [0.4, 0.5) is 44.3 Å². The van der Waals surface area contributed by atoms with Crippen LogP contribution in [0.5, 0.6) is 5.88 Å². The summed E-state index contributed by atoms with van der Waals surface area (Å²) in [7, 11) is 1.25. The van der Waals surface area contributed by atoms with E-state index in [9.17, 15) is 44.3 Å². The molecule has 2 atom stereocenters. The predicted octanol–water partition coefficient (Wildman–Crippen LogP) is 8.69. The van der Waals surface area contributed by atoms with Crippen molar-refractivity contribution in [2.24, 2.45) is 5.41 Å². The van der Waals surface area contributed by atoms with Crippen molar-refractivity contribution in [3.8, 4) is 5.88 Å². The van der Waals surface area contributed by atoms with Crippen LogP contribution in [0.25, 0.3) is 5.57 Å². The number of aromatic nitrogens is 1. The quantitative estimate of drug-likeness (QED) is 0.318. The van der Waals surface area contributed by atoms with Crippen LogP contribution in [0.15, 0.2) is 36.0 Å². The summed E-state index contributed by atoms with van der Waals surface area (Å²) in [5.74, 6) is -0.0613. The number of cyclic esters (lactones) is 1. The number of pyridine rings is 1. The molecule has 0 bridgehead atoms. The number of amides is 1. The molecule has 0 saturated carbocycles. The van der Waals surface area contributed by atoms with Gasteiger partial charge in [0.25, 0.3) is 0 Å². The van der Waals surface area contributed by atoms with Crippen molar-refractivity contribution in [2.45, 2.75) is 70.7 Å². The van der Waals surface area contributed by atoms with E-state index in [4.69, 9.17) is 9.47 Å². The summed E-state index contributed by atoms with van der Waals surface area (Å²) in [6, 6.07) is 0.916. The molecule has 2 aliphatic rings. The second-order valence-corrected chi connectivity index (χ2v) is 11.2. The first kappa shape index (κ1) is 31.5. The fourth-order valence-electron chi connectivity index (χ4n) is 5.38. The monoisotopic (exact) mass is 610 g/mol. The predicted molar refractivity (Wildman–Crippen MR) is 132 cm³/mol. The Morgan fingerprint density at radius 2 is 1.52 bits per heavy atom. The Labute approximate surface area is 235 Å². The van der Waals surface area contributed by atoms with Crippen molar-refractivity contribution in [1.82, 2.24) is 9.88 Å². The zero-order valence-corrected chi connectivity index (χ0v) is 22.9. The van der Waals surface area contributed by atoms with Crippen LogP contribution < -0.4 is 4.74 Å². The second-order valence-electron chi connectivity index (χ2n) is 11.2. The van der Waals surface area contributed by atoms with Crippen LogP contribution in [-0.4, -0.2) is 35.7 Å². The minimum Gasteiger partial charge on any atom is -0.481 e. The van der Waals surface area contributed by atoms with Crippen molar-refractivity contribution in [3.05, 3.63) is 63.9 Å². The molecule has 1 fully saturated rings. The number of methoxy groups -OCH3 is 1. The number of hydrogen-bond donors (Lipinski definition) is 0. The summed E-state index contributed by atoms with van der Waals surface area (Å²) in [5.41, 5.74) is -3.80. The number of allylic oxidation sites excluding steroid dienone is 1.